The summed E-state index contributed by atoms with van der Waals surface area (Å²) in [6.45, 7) is 1.79. The third-order valence-electron chi connectivity index (χ3n) is 4.16. The second kappa shape index (κ2) is 5.46. The van der Waals surface area contributed by atoms with E-state index in [1.165, 1.54) is 12.1 Å². The first kappa shape index (κ1) is 13.9. The number of fused-ring (bicyclic) bond motifs is 1. The van der Waals surface area contributed by atoms with Crippen molar-refractivity contribution in [2.24, 2.45) is 0 Å². The van der Waals surface area contributed by atoms with Crippen molar-refractivity contribution in [2.75, 3.05) is 18.0 Å². The molecular weight excluding hydrogens is 295 g/mol. The molecule has 0 bridgehead atoms. The van der Waals surface area contributed by atoms with Crippen molar-refractivity contribution in [3.63, 3.8) is 0 Å². The fourth-order valence-corrected chi connectivity index (χ4v) is 3.00. The lowest BCUT2D eigenvalue weighted by molar-refractivity contribution is 0.628. The van der Waals surface area contributed by atoms with E-state index in [9.17, 15) is 9.18 Å². The van der Waals surface area contributed by atoms with Crippen LogP contribution >= 0.6 is 0 Å². The number of nitrogens with one attached hydrogen (secondary N) is 1. The van der Waals surface area contributed by atoms with Gasteiger partial charge in [-0.1, -0.05) is 12.1 Å². The van der Waals surface area contributed by atoms with Gasteiger partial charge in [0.1, 0.15) is 5.82 Å². The molecule has 0 aliphatic carbocycles. The van der Waals surface area contributed by atoms with Gasteiger partial charge >= 0.3 is 0 Å². The lowest BCUT2D eigenvalue weighted by Crippen LogP contribution is -2.24. The summed E-state index contributed by atoms with van der Waals surface area (Å²) in [7, 11) is 0. The summed E-state index contributed by atoms with van der Waals surface area (Å²) in [4.78, 5) is 26.3. The zero-order valence-corrected chi connectivity index (χ0v) is 12.4. The summed E-state index contributed by atoms with van der Waals surface area (Å²) in [5, 5.41) is 0.432. The van der Waals surface area contributed by atoms with E-state index in [1.54, 1.807) is 24.4 Å². The van der Waals surface area contributed by atoms with Crippen LogP contribution in [0.2, 0.25) is 0 Å². The van der Waals surface area contributed by atoms with Crippen molar-refractivity contribution in [1.82, 2.24) is 15.0 Å². The monoisotopic (exact) mass is 310 g/mol. The van der Waals surface area contributed by atoms with Gasteiger partial charge < -0.3 is 4.90 Å². The number of hydrogen-bond acceptors (Lipinski definition) is 4. The molecule has 23 heavy (non-hydrogen) atoms. The van der Waals surface area contributed by atoms with Crippen LogP contribution in [0.25, 0.3) is 22.2 Å². The maximum atomic E-state index is 13.1. The summed E-state index contributed by atoms with van der Waals surface area (Å²) >= 11 is 0. The Balaban J connectivity index is 1.90. The largest absolute Gasteiger partial charge is 0.342 e. The Bertz CT molecular complexity index is 914. The molecule has 3 aromatic rings. The Hall–Kier alpha value is -2.76. The zero-order chi connectivity index (χ0) is 15.8. The number of hydrogen-bond donors (Lipinski definition) is 1. The third-order valence-corrected chi connectivity index (χ3v) is 4.16. The SMILES string of the molecule is O=c1[nH]c(N2CCCC2)nc2nccc(-c3ccc(F)cc3)c12. The second-order valence-electron chi connectivity index (χ2n) is 5.65. The fraction of sp³-hybridized carbons (Fsp3) is 0.235. The topological polar surface area (TPSA) is 61.9 Å². The van der Waals surface area contributed by atoms with Crippen molar-refractivity contribution in [3.8, 4) is 11.1 Å². The minimum absolute atomic E-state index is 0.218. The molecule has 1 N–H and O–H groups in total. The molecule has 6 heteroatoms. The van der Waals surface area contributed by atoms with E-state index < -0.39 is 0 Å². The summed E-state index contributed by atoms with van der Waals surface area (Å²) in [6.07, 6.45) is 3.83. The third kappa shape index (κ3) is 2.46. The number of nitrogens with zero attached hydrogens (tertiary/aromatic N) is 3. The van der Waals surface area contributed by atoms with E-state index in [2.05, 4.69) is 19.9 Å². The number of pyridine rings is 1. The van der Waals surface area contributed by atoms with Gasteiger partial charge in [0.25, 0.3) is 5.56 Å². The molecule has 3 heterocycles. The molecular formula is C17H15FN4O. The Morgan fingerprint density at radius 3 is 2.57 bits per heavy atom. The van der Waals surface area contributed by atoms with Crippen LogP contribution in [0.4, 0.5) is 10.3 Å². The molecule has 2 aromatic heterocycles. The molecule has 0 amide bonds. The molecule has 4 rings (SSSR count). The summed E-state index contributed by atoms with van der Waals surface area (Å²) in [5.41, 5.74) is 1.67. The Morgan fingerprint density at radius 2 is 1.83 bits per heavy atom. The summed E-state index contributed by atoms with van der Waals surface area (Å²) in [5.74, 6) is 0.263. The molecule has 0 unspecified atom stereocenters. The number of aromatic amines is 1. The molecule has 5 nitrogen and oxygen atoms in total. The van der Waals surface area contributed by atoms with Gasteiger partial charge in [0.05, 0.1) is 5.39 Å². The fourth-order valence-electron chi connectivity index (χ4n) is 3.00. The van der Waals surface area contributed by atoms with Crippen molar-refractivity contribution >= 4 is 17.0 Å². The van der Waals surface area contributed by atoms with Crippen LogP contribution in [0, 0.1) is 5.82 Å². The molecule has 1 aliphatic rings. The van der Waals surface area contributed by atoms with Crippen LogP contribution in [0.15, 0.2) is 41.3 Å². The lowest BCUT2D eigenvalue weighted by Gasteiger charge is -2.16. The molecule has 1 aliphatic heterocycles. The minimum atomic E-state index is -0.310. The smallest absolute Gasteiger partial charge is 0.262 e. The van der Waals surface area contributed by atoms with Gasteiger partial charge in [-0.25, -0.2) is 9.37 Å². The quantitative estimate of drug-likeness (QED) is 0.790. The normalized spacial score (nSPS) is 14.6. The van der Waals surface area contributed by atoms with Crippen molar-refractivity contribution in [1.29, 1.82) is 0 Å². The minimum Gasteiger partial charge on any atom is -0.342 e. The van der Waals surface area contributed by atoms with E-state index in [4.69, 9.17) is 0 Å². The first-order valence-electron chi connectivity index (χ1n) is 7.62. The van der Waals surface area contributed by atoms with Gasteiger partial charge in [-0.3, -0.25) is 9.78 Å². The van der Waals surface area contributed by atoms with Crippen molar-refractivity contribution < 1.29 is 4.39 Å². The summed E-state index contributed by atoms with van der Waals surface area (Å²) in [6, 6.07) is 7.81. The van der Waals surface area contributed by atoms with E-state index in [0.717, 1.165) is 31.5 Å². The average Bonchev–Trinajstić information content (AvgIpc) is 3.09. The maximum absolute atomic E-state index is 13.1. The van der Waals surface area contributed by atoms with Gasteiger partial charge in [-0.15, -0.1) is 0 Å². The number of H-pyrrole nitrogens is 1. The molecule has 1 aromatic carbocycles. The van der Waals surface area contributed by atoms with E-state index in [1.807, 2.05) is 0 Å². The molecule has 0 atom stereocenters. The second-order valence-corrected chi connectivity index (χ2v) is 5.65. The first-order valence-corrected chi connectivity index (χ1v) is 7.62. The van der Waals surface area contributed by atoms with Crippen LogP contribution in [-0.2, 0) is 0 Å². The Kier molecular flexibility index (Phi) is 3.29. The van der Waals surface area contributed by atoms with Crippen molar-refractivity contribution in [2.45, 2.75) is 12.8 Å². The molecule has 0 spiro atoms. The van der Waals surface area contributed by atoms with Gasteiger partial charge in [0, 0.05) is 19.3 Å². The van der Waals surface area contributed by atoms with Crippen LogP contribution in [0.5, 0.6) is 0 Å². The highest BCUT2D eigenvalue weighted by Gasteiger charge is 2.17. The molecule has 1 saturated heterocycles. The van der Waals surface area contributed by atoms with E-state index in [-0.39, 0.29) is 11.4 Å². The highest BCUT2D eigenvalue weighted by atomic mass is 19.1. The molecule has 0 radical (unpaired) electrons. The molecule has 116 valence electrons. The van der Waals surface area contributed by atoms with Crippen LogP contribution in [-0.4, -0.2) is 28.0 Å². The highest BCUT2D eigenvalue weighted by Crippen LogP contribution is 2.25. The van der Waals surface area contributed by atoms with E-state index >= 15 is 0 Å². The zero-order valence-electron chi connectivity index (χ0n) is 12.4. The van der Waals surface area contributed by atoms with Crippen molar-refractivity contribution in [3.05, 3.63) is 52.7 Å². The predicted octanol–water partition coefficient (Wildman–Crippen LogP) is 2.72. The maximum Gasteiger partial charge on any atom is 0.262 e. The predicted molar refractivity (Wildman–Crippen MR) is 87.0 cm³/mol. The van der Waals surface area contributed by atoms with Crippen LogP contribution in [0.3, 0.4) is 0 Å². The van der Waals surface area contributed by atoms with Crippen LogP contribution < -0.4 is 10.5 Å². The van der Waals surface area contributed by atoms with Gasteiger partial charge in [0.2, 0.25) is 5.95 Å². The lowest BCUT2D eigenvalue weighted by atomic mass is 10.0. The average molecular weight is 310 g/mol. The van der Waals surface area contributed by atoms with Gasteiger partial charge in [-0.05, 0) is 42.2 Å². The van der Waals surface area contributed by atoms with Gasteiger partial charge in [0.15, 0.2) is 5.65 Å². The summed E-state index contributed by atoms with van der Waals surface area (Å²) < 4.78 is 13.1. The van der Waals surface area contributed by atoms with Crippen LogP contribution in [0.1, 0.15) is 12.8 Å². The highest BCUT2D eigenvalue weighted by molar-refractivity contribution is 5.92. The molecule has 0 saturated carbocycles. The standard InChI is InChI=1S/C17H15FN4O/c18-12-5-3-11(4-6-12)13-7-8-19-15-14(13)16(23)21-17(20-15)22-9-1-2-10-22/h3-8H,1-2,9-10H2,(H,19,20,21,23). The number of anilines is 1. The Morgan fingerprint density at radius 1 is 1.09 bits per heavy atom. The Labute approximate surface area is 131 Å². The van der Waals surface area contributed by atoms with Gasteiger partial charge in [-0.2, -0.15) is 4.98 Å². The first-order chi connectivity index (χ1) is 11.2. The number of benzene rings is 1. The van der Waals surface area contributed by atoms with E-state index in [0.29, 0.717) is 22.5 Å². The number of aromatic nitrogens is 3. The number of halogens is 1. The molecule has 1 fully saturated rings. The number of rotatable bonds is 2.